The molecule has 0 saturated carbocycles. The number of ether oxygens (including phenoxy) is 1. The van der Waals surface area contributed by atoms with Gasteiger partial charge in [0.25, 0.3) is 0 Å². The molecule has 21 heavy (non-hydrogen) atoms. The van der Waals surface area contributed by atoms with Gasteiger partial charge in [-0.2, -0.15) is 0 Å². The number of hydrogen-bond donors (Lipinski definition) is 1. The molecule has 1 heterocycles. The molecule has 0 amide bonds. The molecule has 1 N–H and O–H groups in total. The van der Waals surface area contributed by atoms with Crippen LogP contribution in [0.5, 0.6) is 5.88 Å². The molecular weight excluding hydrogens is 328 g/mol. The minimum atomic E-state index is 0.110. The van der Waals surface area contributed by atoms with Gasteiger partial charge in [-0.05, 0) is 59.4 Å². The quantitative estimate of drug-likeness (QED) is 0.907. The van der Waals surface area contributed by atoms with Crippen molar-refractivity contribution in [2.24, 2.45) is 0 Å². The number of fused-ring (bicyclic) bond motifs is 1. The number of aryl methyl sites for hydroxylation is 1. The molecule has 0 spiro atoms. The molecule has 4 heteroatoms. The lowest BCUT2D eigenvalue weighted by Crippen LogP contribution is -2.17. The first-order chi connectivity index (χ1) is 10.3. The Hall–Kier alpha value is -1.39. The van der Waals surface area contributed by atoms with Crippen LogP contribution in [0.3, 0.4) is 0 Å². The highest BCUT2D eigenvalue weighted by Gasteiger charge is 2.22. The summed E-state index contributed by atoms with van der Waals surface area (Å²) < 4.78 is 7.22. The molecule has 1 unspecified atom stereocenters. The van der Waals surface area contributed by atoms with Crippen molar-refractivity contribution in [3.63, 3.8) is 0 Å². The van der Waals surface area contributed by atoms with Crippen LogP contribution in [-0.4, -0.2) is 12.0 Å². The van der Waals surface area contributed by atoms with E-state index >= 15 is 0 Å². The minimum Gasteiger partial charge on any atom is -0.469 e. The summed E-state index contributed by atoms with van der Waals surface area (Å²) in [5.74, 6) is 0.731. The Morgan fingerprint density at radius 1 is 1.38 bits per heavy atom. The Balaban J connectivity index is 1.88. The maximum Gasteiger partial charge on any atom is 0.218 e. The molecule has 2 aromatic rings. The molecular formula is C17H19BrN2O. The summed E-state index contributed by atoms with van der Waals surface area (Å²) >= 11 is 3.47. The number of aromatic nitrogens is 1. The second-order valence-electron chi connectivity index (χ2n) is 5.35. The van der Waals surface area contributed by atoms with E-state index in [-0.39, 0.29) is 6.10 Å². The average molecular weight is 347 g/mol. The fourth-order valence-electron chi connectivity index (χ4n) is 2.86. The van der Waals surface area contributed by atoms with Gasteiger partial charge < -0.3 is 10.1 Å². The molecule has 3 rings (SSSR count). The van der Waals surface area contributed by atoms with Crippen LogP contribution in [0, 0.1) is 0 Å². The average Bonchev–Trinajstić information content (AvgIpc) is 2.50. The second kappa shape index (κ2) is 6.58. The molecule has 1 aromatic carbocycles. The van der Waals surface area contributed by atoms with E-state index in [1.165, 1.54) is 17.5 Å². The van der Waals surface area contributed by atoms with E-state index in [2.05, 4.69) is 56.6 Å². The summed E-state index contributed by atoms with van der Waals surface area (Å²) in [6.45, 7) is 0.746. The number of halogens is 1. The van der Waals surface area contributed by atoms with Crippen LogP contribution in [0.2, 0.25) is 0 Å². The summed E-state index contributed by atoms with van der Waals surface area (Å²) in [6, 6.07) is 10.6. The molecule has 0 fully saturated rings. The van der Waals surface area contributed by atoms with Gasteiger partial charge in [0, 0.05) is 22.8 Å². The third-order valence-electron chi connectivity index (χ3n) is 3.83. The summed E-state index contributed by atoms with van der Waals surface area (Å²) in [7, 11) is 1.93. The number of pyridine rings is 1. The fourth-order valence-corrected chi connectivity index (χ4v) is 3.24. The van der Waals surface area contributed by atoms with Gasteiger partial charge in [-0.15, -0.1) is 0 Å². The second-order valence-corrected chi connectivity index (χ2v) is 6.26. The lowest BCUT2D eigenvalue weighted by molar-refractivity contribution is 0.173. The monoisotopic (exact) mass is 346 g/mol. The summed E-state index contributed by atoms with van der Waals surface area (Å²) in [5, 5.41) is 3.17. The maximum absolute atomic E-state index is 6.25. The zero-order valence-electron chi connectivity index (χ0n) is 12.1. The van der Waals surface area contributed by atoms with Crippen molar-refractivity contribution in [2.45, 2.75) is 31.9 Å². The van der Waals surface area contributed by atoms with Crippen LogP contribution in [0.1, 0.15) is 35.6 Å². The summed E-state index contributed by atoms with van der Waals surface area (Å²) in [5.41, 5.74) is 3.79. The molecule has 1 aliphatic carbocycles. The molecule has 110 valence electrons. The Bertz CT molecular complexity index is 630. The van der Waals surface area contributed by atoms with Gasteiger partial charge in [0.2, 0.25) is 5.88 Å². The van der Waals surface area contributed by atoms with E-state index in [1.807, 2.05) is 7.05 Å². The third kappa shape index (κ3) is 3.27. The van der Waals surface area contributed by atoms with Crippen LogP contribution in [0.15, 0.2) is 41.0 Å². The Labute approximate surface area is 133 Å². The standard InChI is InChI=1S/C17H19BrN2O/c1-19-10-13-9-14(18)11-20-17(13)21-16-8-4-6-12-5-2-3-7-15(12)16/h2-3,5,7,9,11,16,19H,4,6,8,10H2,1H3. The normalized spacial score (nSPS) is 17.3. The largest absolute Gasteiger partial charge is 0.469 e. The number of nitrogens with zero attached hydrogens (tertiary/aromatic N) is 1. The van der Waals surface area contributed by atoms with E-state index < -0.39 is 0 Å². The van der Waals surface area contributed by atoms with Gasteiger partial charge in [-0.3, -0.25) is 0 Å². The van der Waals surface area contributed by atoms with Crippen molar-refractivity contribution in [3.8, 4) is 5.88 Å². The molecule has 0 radical (unpaired) electrons. The molecule has 0 aliphatic heterocycles. The van der Waals surface area contributed by atoms with Crippen molar-refractivity contribution >= 4 is 15.9 Å². The van der Waals surface area contributed by atoms with Gasteiger partial charge in [0.1, 0.15) is 6.10 Å². The highest BCUT2D eigenvalue weighted by atomic mass is 79.9. The van der Waals surface area contributed by atoms with Gasteiger partial charge in [-0.25, -0.2) is 4.98 Å². The Kier molecular flexibility index (Phi) is 4.56. The Morgan fingerprint density at radius 2 is 2.24 bits per heavy atom. The van der Waals surface area contributed by atoms with E-state index in [1.54, 1.807) is 6.20 Å². The molecule has 1 aromatic heterocycles. The lowest BCUT2D eigenvalue weighted by Gasteiger charge is -2.26. The van der Waals surface area contributed by atoms with Crippen molar-refractivity contribution in [2.75, 3.05) is 7.05 Å². The topological polar surface area (TPSA) is 34.2 Å². The van der Waals surface area contributed by atoms with Crippen LogP contribution in [-0.2, 0) is 13.0 Å². The zero-order valence-corrected chi connectivity index (χ0v) is 13.7. The molecule has 3 nitrogen and oxygen atoms in total. The van der Waals surface area contributed by atoms with E-state index in [9.17, 15) is 0 Å². The number of rotatable bonds is 4. The van der Waals surface area contributed by atoms with Crippen LogP contribution >= 0.6 is 15.9 Å². The molecule has 1 atom stereocenters. The summed E-state index contributed by atoms with van der Waals surface area (Å²) in [6.07, 6.45) is 5.27. The highest BCUT2D eigenvalue weighted by Crippen LogP contribution is 2.34. The summed E-state index contributed by atoms with van der Waals surface area (Å²) in [4.78, 5) is 4.45. The predicted molar refractivity (Wildman–Crippen MR) is 87.4 cm³/mol. The van der Waals surface area contributed by atoms with Gasteiger partial charge in [0.15, 0.2) is 0 Å². The molecule has 1 aliphatic rings. The van der Waals surface area contributed by atoms with Crippen LogP contribution in [0.4, 0.5) is 0 Å². The number of hydrogen-bond acceptors (Lipinski definition) is 3. The lowest BCUT2D eigenvalue weighted by atomic mass is 9.89. The van der Waals surface area contributed by atoms with Gasteiger partial charge >= 0.3 is 0 Å². The van der Waals surface area contributed by atoms with Gasteiger partial charge in [0.05, 0.1) is 0 Å². The SMILES string of the molecule is CNCc1cc(Br)cnc1OC1CCCc2ccccc21. The van der Waals surface area contributed by atoms with Crippen molar-refractivity contribution in [3.05, 3.63) is 57.7 Å². The van der Waals surface area contributed by atoms with E-state index in [0.717, 1.165) is 35.3 Å². The van der Waals surface area contributed by atoms with Gasteiger partial charge in [-0.1, -0.05) is 24.3 Å². The van der Waals surface area contributed by atoms with Crippen molar-refractivity contribution in [1.29, 1.82) is 0 Å². The fraction of sp³-hybridized carbons (Fsp3) is 0.353. The van der Waals surface area contributed by atoms with Crippen molar-refractivity contribution in [1.82, 2.24) is 10.3 Å². The maximum atomic E-state index is 6.25. The Morgan fingerprint density at radius 3 is 3.10 bits per heavy atom. The van der Waals surface area contributed by atoms with E-state index in [0.29, 0.717) is 0 Å². The molecule has 0 bridgehead atoms. The zero-order chi connectivity index (χ0) is 14.7. The third-order valence-corrected chi connectivity index (χ3v) is 4.26. The van der Waals surface area contributed by atoms with Crippen LogP contribution in [0.25, 0.3) is 0 Å². The van der Waals surface area contributed by atoms with E-state index in [4.69, 9.17) is 4.74 Å². The molecule has 0 saturated heterocycles. The highest BCUT2D eigenvalue weighted by molar-refractivity contribution is 9.10. The van der Waals surface area contributed by atoms with Crippen molar-refractivity contribution < 1.29 is 4.74 Å². The first kappa shape index (κ1) is 14.5. The minimum absolute atomic E-state index is 0.110. The number of benzene rings is 1. The first-order valence-corrected chi connectivity index (χ1v) is 8.10. The smallest absolute Gasteiger partial charge is 0.218 e. The first-order valence-electron chi connectivity index (χ1n) is 7.31. The number of nitrogens with one attached hydrogen (secondary N) is 1. The predicted octanol–water partition coefficient (Wildman–Crippen LogP) is 4.02. The van der Waals surface area contributed by atoms with Crippen LogP contribution < -0.4 is 10.1 Å².